The molecule has 1 aliphatic rings. The van der Waals surface area contributed by atoms with Crippen molar-refractivity contribution in [3.8, 4) is 0 Å². The van der Waals surface area contributed by atoms with Crippen molar-refractivity contribution in [3.05, 3.63) is 0 Å². The zero-order valence-corrected chi connectivity index (χ0v) is 8.25. The molecule has 1 amide bonds. The van der Waals surface area contributed by atoms with Crippen LogP contribution < -0.4 is 11.1 Å². The van der Waals surface area contributed by atoms with E-state index in [4.69, 9.17) is 10.5 Å². The number of nitrogens with one attached hydrogen (secondary N) is 1. The van der Waals surface area contributed by atoms with Gasteiger partial charge >= 0.3 is 6.09 Å². The van der Waals surface area contributed by atoms with Crippen LogP contribution >= 0.6 is 0 Å². The van der Waals surface area contributed by atoms with Crippen molar-refractivity contribution in [2.75, 3.05) is 6.54 Å². The lowest BCUT2D eigenvalue weighted by Gasteiger charge is -2.32. The summed E-state index contributed by atoms with van der Waals surface area (Å²) >= 11 is 0. The lowest BCUT2D eigenvalue weighted by molar-refractivity contribution is 0.111. The first-order valence-corrected chi connectivity index (χ1v) is 4.78. The van der Waals surface area contributed by atoms with Gasteiger partial charge in [-0.3, -0.25) is 0 Å². The maximum absolute atomic E-state index is 11.0. The molecule has 0 aromatic carbocycles. The third-order valence-electron chi connectivity index (χ3n) is 2.15. The molecule has 0 aromatic heterocycles. The van der Waals surface area contributed by atoms with Crippen LogP contribution in [0.1, 0.15) is 26.7 Å². The molecule has 0 bridgehead atoms. The molecule has 0 radical (unpaired) electrons. The maximum Gasteiger partial charge on any atom is 0.407 e. The number of ether oxygens (including phenoxy) is 1. The van der Waals surface area contributed by atoms with Crippen molar-refractivity contribution in [2.45, 2.75) is 38.8 Å². The third kappa shape index (κ3) is 3.63. The molecule has 0 spiro atoms. The van der Waals surface area contributed by atoms with Gasteiger partial charge in [0, 0.05) is 12.6 Å². The Bertz CT molecular complexity index is 176. The second kappa shape index (κ2) is 4.46. The van der Waals surface area contributed by atoms with E-state index in [1.807, 2.05) is 13.8 Å². The molecular formula is C9H18N2O2. The standard InChI is InChI=1S/C9H18N2O2/c1-6(2)13-9(12)11-5-7-3-8(10)4-7/h6-8H,3-5,10H2,1-2H3,(H,11,12). The number of alkyl carbamates (subject to hydrolysis) is 1. The summed E-state index contributed by atoms with van der Waals surface area (Å²) in [4.78, 5) is 11.0. The third-order valence-corrected chi connectivity index (χ3v) is 2.15. The molecule has 76 valence electrons. The Kier molecular flexibility index (Phi) is 3.54. The van der Waals surface area contributed by atoms with Gasteiger partial charge in [0.1, 0.15) is 0 Å². The molecule has 0 aromatic rings. The summed E-state index contributed by atoms with van der Waals surface area (Å²) in [6.07, 6.45) is 1.66. The van der Waals surface area contributed by atoms with Gasteiger partial charge < -0.3 is 15.8 Å². The van der Waals surface area contributed by atoms with Gasteiger partial charge in [0.2, 0.25) is 0 Å². The average molecular weight is 186 g/mol. The van der Waals surface area contributed by atoms with Gasteiger partial charge in [-0.05, 0) is 32.6 Å². The van der Waals surface area contributed by atoms with Gasteiger partial charge in [0.05, 0.1) is 6.10 Å². The van der Waals surface area contributed by atoms with Crippen LogP contribution in [0, 0.1) is 5.92 Å². The fourth-order valence-corrected chi connectivity index (χ4v) is 1.44. The summed E-state index contributed by atoms with van der Waals surface area (Å²) < 4.78 is 4.91. The highest BCUT2D eigenvalue weighted by Gasteiger charge is 2.26. The van der Waals surface area contributed by atoms with E-state index in [1.165, 1.54) is 0 Å². The van der Waals surface area contributed by atoms with Gasteiger partial charge in [-0.25, -0.2) is 4.79 Å². The fraction of sp³-hybridized carbons (Fsp3) is 0.889. The minimum atomic E-state index is -0.324. The largest absolute Gasteiger partial charge is 0.447 e. The summed E-state index contributed by atoms with van der Waals surface area (Å²) in [6, 6.07) is 0.341. The Labute approximate surface area is 78.8 Å². The summed E-state index contributed by atoms with van der Waals surface area (Å²) in [6.45, 7) is 4.36. The predicted molar refractivity (Wildman–Crippen MR) is 50.3 cm³/mol. The van der Waals surface area contributed by atoms with Crippen LogP contribution in [0.25, 0.3) is 0 Å². The van der Waals surface area contributed by atoms with Gasteiger partial charge in [-0.2, -0.15) is 0 Å². The van der Waals surface area contributed by atoms with E-state index in [0.29, 0.717) is 18.5 Å². The fourth-order valence-electron chi connectivity index (χ4n) is 1.44. The van der Waals surface area contributed by atoms with Crippen molar-refractivity contribution in [1.29, 1.82) is 0 Å². The quantitative estimate of drug-likeness (QED) is 0.687. The minimum Gasteiger partial charge on any atom is -0.447 e. The number of hydrogen-bond donors (Lipinski definition) is 2. The van der Waals surface area contributed by atoms with Crippen LogP contribution in [-0.4, -0.2) is 24.8 Å². The van der Waals surface area contributed by atoms with E-state index in [1.54, 1.807) is 0 Å². The Hall–Kier alpha value is -0.770. The van der Waals surface area contributed by atoms with Gasteiger partial charge in [0.15, 0.2) is 0 Å². The molecule has 0 heterocycles. The Morgan fingerprint density at radius 2 is 2.23 bits per heavy atom. The van der Waals surface area contributed by atoms with E-state index in [9.17, 15) is 4.79 Å². The molecule has 1 fully saturated rings. The van der Waals surface area contributed by atoms with Crippen LogP contribution in [0.2, 0.25) is 0 Å². The van der Waals surface area contributed by atoms with E-state index in [-0.39, 0.29) is 12.2 Å². The second-order valence-corrected chi connectivity index (χ2v) is 3.93. The van der Waals surface area contributed by atoms with E-state index in [2.05, 4.69) is 5.32 Å². The molecule has 0 atom stereocenters. The predicted octanol–water partition coefficient (Wildman–Crippen LogP) is 0.858. The lowest BCUT2D eigenvalue weighted by Crippen LogP contribution is -2.43. The zero-order chi connectivity index (χ0) is 9.84. The molecule has 1 saturated carbocycles. The van der Waals surface area contributed by atoms with E-state index >= 15 is 0 Å². The van der Waals surface area contributed by atoms with Crippen LogP contribution in [-0.2, 0) is 4.74 Å². The van der Waals surface area contributed by atoms with Crippen molar-refractivity contribution in [2.24, 2.45) is 11.7 Å². The monoisotopic (exact) mass is 186 g/mol. The highest BCUT2D eigenvalue weighted by molar-refractivity contribution is 5.67. The first-order chi connectivity index (χ1) is 6.08. The highest BCUT2D eigenvalue weighted by atomic mass is 16.6. The normalized spacial score (nSPS) is 26.8. The maximum atomic E-state index is 11.0. The zero-order valence-electron chi connectivity index (χ0n) is 8.25. The number of carbonyl (C=O) groups is 1. The minimum absolute atomic E-state index is 0.0522. The Morgan fingerprint density at radius 3 is 2.69 bits per heavy atom. The van der Waals surface area contributed by atoms with E-state index < -0.39 is 0 Å². The van der Waals surface area contributed by atoms with Gasteiger partial charge in [-0.15, -0.1) is 0 Å². The van der Waals surface area contributed by atoms with Gasteiger partial charge in [0.25, 0.3) is 0 Å². The number of carbonyl (C=O) groups excluding carboxylic acids is 1. The molecule has 4 nitrogen and oxygen atoms in total. The number of nitrogens with two attached hydrogens (primary N) is 1. The number of rotatable bonds is 3. The van der Waals surface area contributed by atoms with Crippen LogP contribution in [0.5, 0.6) is 0 Å². The summed E-state index contributed by atoms with van der Waals surface area (Å²) in [5.74, 6) is 0.551. The molecular weight excluding hydrogens is 168 g/mol. The van der Waals surface area contributed by atoms with Crippen molar-refractivity contribution in [3.63, 3.8) is 0 Å². The molecule has 0 unspecified atom stereocenters. The van der Waals surface area contributed by atoms with Crippen molar-refractivity contribution in [1.82, 2.24) is 5.32 Å². The Morgan fingerprint density at radius 1 is 1.62 bits per heavy atom. The Balaban J connectivity index is 2.02. The molecule has 0 aliphatic heterocycles. The SMILES string of the molecule is CC(C)OC(=O)NCC1CC(N)C1. The topological polar surface area (TPSA) is 64.3 Å². The second-order valence-electron chi connectivity index (χ2n) is 3.93. The first-order valence-electron chi connectivity index (χ1n) is 4.78. The number of amides is 1. The van der Waals surface area contributed by atoms with Crippen molar-refractivity contribution >= 4 is 6.09 Å². The smallest absolute Gasteiger partial charge is 0.407 e. The summed E-state index contributed by atoms with van der Waals surface area (Å²) in [5.41, 5.74) is 5.61. The molecule has 4 heteroatoms. The highest BCUT2D eigenvalue weighted by Crippen LogP contribution is 2.24. The summed E-state index contributed by atoms with van der Waals surface area (Å²) in [5, 5.41) is 2.72. The molecule has 0 saturated heterocycles. The number of hydrogen-bond acceptors (Lipinski definition) is 3. The lowest BCUT2D eigenvalue weighted by atomic mass is 9.81. The van der Waals surface area contributed by atoms with Crippen LogP contribution in [0.3, 0.4) is 0 Å². The first kappa shape index (κ1) is 10.3. The van der Waals surface area contributed by atoms with Crippen LogP contribution in [0.4, 0.5) is 4.79 Å². The molecule has 13 heavy (non-hydrogen) atoms. The molecule has 1 aliphatic carbocycles. The van der Waals surface area contributed by atoms with Crippen LogP contribution in [0.15, 0.2) is 0 Å². The van der Waals surface area contributed by atoms with E-state index in [0.717, 1.165) is 12.8 Å². The molecule has 3 N–H and O–H groups in total. The van der Waals surface area contributed by atoms with Gasteiger partial charge in [-0.1, -0.05) is 0 Å². The van der Waals surface area contributed by atoms with Crippen molar-refractivity contribution < 1.29 is 9.53 Å². The average Bonchev–Trinajstić information content (AvgIpc) is 1.94. The summed E-state index contributed by atoms with van der Waals surface area (Å²) in [7, 11) is 0. The molecule has 1 rings (SSSR count).